The second-order valence-electron chi connectivity index (χ2n) is 4.08. The second kappa shape index (κ2) is 4.57. The average Bonchev–Trinajstić information content (AvgIpc) is 2.85. The molecule has 0 amide bonds. The summed E-state index contributed by atoms with van der Waals surface area (Å²) in [5.41, 5.74) is 0.712. The molecule has 5 nitrogen and oxygen atoms in total. The molecule has 0 atom stereocenters. The van der Waals surface area contributed by atoms with E-state index in [2.05, 4.69) is 10.3 Å². The Kier molecular flexibility index (Phi) is 2.87. The molecule has 1 aromatic heterocycles. The van der Waals surface area contributed by atoms with Gasteiger partial charge in [0.25, 0.3) is 0 Å². The number of carbonyl (C=O) groups is 1. The molecule has 1 heterocycles. The standard InChI is InChI=1S/C13H7ClFN3O2/c14-7-4-5-9(15)11(6-7)18-10-3-1-2-8(13(19)20)12(10)16-17-18/h1-6H,(H,19,20). The van der Waals surface area contributed by atoms with Gasteiger partial charge in [-0.25, -0.2) is 13.9 Å². The van der Waals surface area contributed by atoms with Crippen LogP contribution in [0.2, 0.25) is 5.02 Å². The highest BCUT2D eigenvalue weighted by Crippen LogP contribution is 2.23. The third kappa shape index (κ3) is 1.90. The number of hydrogen-bond acceptors (Lipinski definition) is 3. The third-order valence-electron chi connectivity index (χ3n) is 2.84. The highest BCUT2D eigenvalue weighted by Gasteiger charge is 2.16. The van der Waals surface area contributed by atoms with E-state index in [0.717, 1.165) is 0 Å². The fraction of sp³-hybridized carbons (Fsp3) is 0. The number of fused-ring (bicyclic) bond motifs is 1. The summed E-state index contributed by atoms with van der Waals surface area (Å²) in [5.74, 6) is -1.64. The molecule has 0 bridgehead atoms. The van der Waals surface area contributed by atoms with Crippen LogP contribution in [-0.4, -0.2) is 26.1 Å². The van der Waals surface area contributed by atoms with Gasteiger partial charge < -0.3 is 5.11 Å². The number of carboxylic acid groups (broad SMARTS) is 1. The van der Waals surface area contributed by atoms with Crippen molar-refractivity contribution < 1.29 is 14.3 Å². The minimum absolute atomic E-state index is 0.0104. The summed E-state index contributed by atoms with van der Waals surface area (Å²) in [6.45, 7) is 0. The van der Waals surface area contributed by atoms with E-state index in [4.69, 9.17) is 16.7 Å². The number of nitrogens with zero attached hydrogens (tertiary/aromatic N) is 3. The highest BCUT2D eigenvalue weighted by atomic mass is 35.5. The molecular weight excluding hydrogens is 285 g/mol. The van der Waals surface area contributed by atoms with Gasteiger partial charge in [-0.05, 0) is 30.3 Å². The fourth-order valence-corrected chi connectivity index (χ4v) is 2.11. The van der Waals surface area contributed by atoms with E-state index in [1.807, 2.05) is 0 Å². The van der Waals surface area contributed by atoms with Crippen LogP contribution in [0.4, 0.5) is 4.39 Å². The first-order valence-electron chi connectivity index (χ1n) is 5.61. The Morgan fingerprint density at radius 3 is 2.85 bits per heavy atom. The monoisotopic (exact) mass is 291 g/mol. The van der Waals surface area contributed by atoms with Crippen LogP contribution in [0, 0.1) is 5.82 Å². The first-order valence-corrected chi connectivity index (χ1v) is 5.99. The zero-order valence-corrected chi connectivity index (χ0v) is 10.7. The van der Waals surface area contributed by atoms with Gasteiger partial charge in [0, 0.05) is 5.02 Å². The van der Waals surface area contributed by atoms with E-state index in [1.165, 1.54) is 28.9 Å². The summed E-state index contributed by atoms with van der Waals surface area (Å²) < 4.78 is 15.1. The predicted molar refractivity (Wildman–Crippen MR) is 70.8 cm³/mol. The van der Waals surface area contributed by atoms with Crippen LogP contribution in [0.3, 0.4) is 0 Å². The van der Waals surface area contributed by atoms with Crippen LogP contribution < -0.4 is 0 Å². The minimum atomic E-state index is -1.12. The van der Waals surface area contributed by atoms with Crippen molar-refractivity contribution in [3.8, 4) is 5.69 Å². The molecule has 0 saturated heterocycles. The van der Waals surface area contributed by atoms with Gasteiger partial charge >= 0.3 is 5.97 Å². The minimum Gasteiger partial charge on any atom is -0.478 e. The maximum Gasteiger partial charge on any atom is 0.338 e. The van der Waals surface area contributed by atoms with E-state index in [0.29, 0.717) is 10.5 Å². The van der Waals surface area contributed by atoms with Crippen molar-refractivity contribution in [2.75, 3.05) is 0 Å². The Morgan fingerprint density at radius 1 is 1.30 bits per heavy atom. The topological polar surface area (TPSA) is 68.0 Å². The number of carboxylic acids is 1. The van der Waals surface area contributed by atoms with Crippen molar-refractivity contribution in [3.05, 3.63) is 52.8 Å². The van der Waals surface area contributed by atoms with Crippen LogP contribution in [0.15, 0.2) is 36.4 Å². The lowest BCUT2D eigenvalue weighted by atomic mass is 10.2. The third-order valence-corrected chi connectivity index (χ3v) is 3.08. The number of aromatic carboxylic acids is 1. The van der Waals surface area contributed by atoms with Gasteiger partial charge in [0.2, 0.25) is 0 Å². The van der Waals surface area contributed by atoms with Crippen molar-refractivity contribution in [2.45, 2.75) is 0 Å². The van der Waals surface area contributed by atoms with Crippen molar-refractivity contribution >= 4 is 28.6 Å². The molecule has 0 aliphatic carbocycles. The molecule has 0 unspecified atom stereocenters. The van der Waals surface area contributed by atoms with Gasteiger partial charge in [-0.2, -0.15) is 0 Å². The lowest BCUT2D eigenvalue weighted by Crippen LogP contribution is -2.00. The summed E-state index contributed by atoms with van der Waals surface area (Å²) in [4.78, 5) is 11.1. The number of rotatable bonds is 2. The Morgan fingerprint density at radius 2 is 2.10 bits per heavy atom. The molecule has 20 heavy (non-hydrogen) atoms. The lowest BCUT2D eigenvalue weighted by molar-refractivity contribution is 0.0699. The van der Waals surface area contributed by atoms with Gasteiger partial charge in [0.05, 0.1) is 11.1 Å². The zero-order valence-electron chi connectivity index (χ0n) is 9.92. The van der Waals surface area contributed by atoms with Crippen LogP contribution in [0.25, 0.3) is 16.7 Å². The molecule has 0 saturated carbocycles. The van der Waals surface area contributed by atoms with Crippen LogP contribution in [-0.2, 0) is 0 Å². The normalized spacial score (nSPS) is 10.9. The van der Waals surface area contributed by atoms with Crippen LogP contribution in [0.5, 0.6) is 0 Å². The van der Waals surface area contributed by atoms with Crippen molar-refractivity contribution in [1.29, 1.82) is 0 Å². The number of aromatic nitrogens is 3. The predicted octanol–water partition coefficient (Wildman–Crippen LogP) is 2.91. The van der Waals surface area contributed by atoms with Gasteiger partial charge in [-0.3, -0.25) is 0 Å². The lowest BCUT2D eigenvalue weighted by Gasteiger charge is -2.04. The van der Waals surface area contributed by atoms with Gasteiger partial charge in [0.15, 0.2) is 0 Å². The fourth-order valence-electron chi connectivity index (χ4n) is 1.94. The maximum absolute atomic E-state index is 13.9. The first kappa shape index (κ1) is 12.6. The van der Waals surface area contributed by atoms with E-state index >= 15 is 0 Å². The molecule has 3 rings (SSSR count). The molecule has 1 N–H and O–H groups in total. The summed E-state index contributed by atoms with van der Waals surface area (Å²) in [5, 5.41) is 17.1. The summed E-state index contributed by atoms with van der Waals surface area (Å²) in [7, 11) is 0. The van der Waals surface area contributed by atoms with Crippen molar-refractivity contribution in [2.24, 2.45) is 0 Å². The number of halogens is 2. The molecular formula is C13H7ClFN3O2. The van der Waals surface area contributed by atoms with Crippen LogP contribution >= 0.6 is 11.6 Å². The summed E-state index contributed by atoms with van der Waals surface area (Å²) >= 11 is 5.84. The van der Waals surface area contributed by atoms with E-state index in [-0.39, 0.29) is 16.8 Å². The molecule has 0 spiro atoms. The van der Waals surface area contributed by atoms with Gasteiger partial charge in [-0.1, -0.05) is 22.9 Å². The molecule has 0 radical (unpaired) electrons. The Balaban J connectivity index is 2.31. The molecule has 0 fully saturated rings. The summed E-state index contributed by atoms with van der Waals surface area (Å²) in [6.07, 6.45) is 0. The Hall–Kier alpha value is -2.47. The average molecular weight is 292 g/mol. The maximum atomic E-state index is 13.9. The smallest absolute Gasteiger partial charge is 0.338 e. The van der Waals surface area contributed by atoms with Crippen LogP contribution in [0.1, 0.15) is 10.4 Å². The number of benzene rings is 2. The Labute approximate surface area is 117 Å². The quantitative estimate of drug-likeness (QED) is 0.788. The second-order valence-corrected chi connectivity index (χ2v) is 4.51. The molecule has 0 aliphatic heterocycles. The zero-order chi connectivity index (χ0) is 14.3. The Bertz CT molecular complexity index is 832. The van der Waals surface area contributed by atoms with E-state index < -0.39 is 11.8 Å². The molecule has 0 aliphatic rings. The highest BCUT2D eigenvalue weighted by molar-refractivity contribution is 6.30. The molecule has 100 valence electrons. The largest absolute Gasteiger partial charge is 0.478 e. The summed E-state index contributed by atoms with van der Waals surface area (Å²) in [6, 6.07) is 8.61. The first-order chi connectivity index (χ1) is 9.58. The molecule has 3 aromatic rings. The SMILES string of the molecule is O=C(O)c1cccc2c1nnn2-c1cc(Cl)ccc1F. The van der Waals surface area contributed by atoms with Crippen molar-refractivity contribution in [1.82, 2.24) is 15.0 Å². The van der Waals surface area contributed by atoms with Gasteiger partial charge in [0.1, 0.15) is 17.0 Å². The molecule has 7 heteroatoms. The van der Waals surface area contributed by atoms with E-state index in [1.54, 1.807) is 12.1 Å². The van der Waals surface area contributed by atoms with Crippen molar-refractivity contribution in [3.63, 3.8) is 0 Å². The van der Waals surface area contributed by atoms with E-state index in [9.17, 15) is 9.18 Å². The molecule has 2 aromatic carbocycles. The number of hydrogen-bond donors (Lipinski definition) is 1. The van der Waals surface area contributed by atoms with Gasteiger partial charge in [-0.15, -0.1) is 5.10 Å².